The van der Waals surface area contributed by atoms with E-state index in [9.17, 15) is 13.2 Å². The molecule has 2 N–H and O–H groups in total. The minimum atomic E-state index is -3.58. The summed E-state index contributed by atoms with van der Waals surface area (Å²) in [6.45, 7) is 4.03. The van der Waals surface area contributed by atoms with Crippen LogP contribution in [0.3, 0.4) is 0 Å². The standard InChI is InChI=1S/C21H23N3O3S2/c1-3-15(2)24-29(26,27)18-11-9-17(10-12-18)21(25)22-13-20-23-19(14-28-20)16-7-5-4-6-8-16/h4-12,14-15,24H,3,13H2,1-2H3,(H,22,25). The van der Waals surface area contributed by atoms with Crippen molar-refractivity contribution in [1.29, 1.82) is 0 Å². The van der Waals surface area contributed by atoms with Gasteiger partial charge < -0.3 is 5.32 Å². The second-order valence-corrected chi connectivity index (χ2v) is 9.29. The first-order valence-corrected chi connectivity index (χ1v) is 11.7. The third-order valence-corrected chi connectivity index (χ3v) is 6.87. The molecule has 8 heteroatoms. The zero-order valence-corrected chi connectivity index (χ0v) is 17.9. The Morgan fingerprint density at radius 1 is 1.10 bits per heavy atom. The fraction of sp³-hybridized carbons (Fsp3) is 0.238. The molecule has 1 aromatic heterocycles. The third-order valence-electron chi connectivity index (χ3n) is 4.42. The lowest BCUT2D eigenvalue weighted by Crippen LogP contribution is -2.32. The highest BCUT2D eigenvalue weighted by molar-refractivity contribution is 7.89. The summed E-state index contributed by atoms with van der Waals surface area (Å²) in [5.41, 5.74) is 2.31. The van der Waals surface area contributed by atoms with Gasteiger partial charge in [0.1, 0.15) is 5.01 Å². The van der Waals surface area contributed by atoms with E-state index in [0.29, 0.717) is 18.5 Å². The molecule has 0 bridgehead atoms. The van der Waals surface area contributed by atoms with Gasteiger partial charge in [-0.25, -0.2) is 18.1 Å². The van der Waals surface area contributed by atoms with Gasteiger partial charge in [0.2, 0.25) is 10.0 Å². The number of nitrogens with one attached hydrogen (secondary N) is 2. The molecule has 0 saturated carbocycles. The van der Waals surface area contributed by atoms with Crippen LogP contribution in [0.5, 0.6) is 0 Å². The predicted molar refractivity (Wildman–Crippen MR) is 115 cm³/mol. The number of thiazole rings is 1. The number of hydrogen-bond donors (Lipinski definition) is 2. The molecule has 0 aliphatic carbocycles. The summed E-state index contributed by atoms with van der Waals surface area (Å²) in [5, 5.41) is 5.58. The number of rotatable bonds is 8. The van der Waals surface area contributed by atoms with Crippen molar-refractivity contribution < 1.29 is 13.2 Å². The topological polar surface area (TPSA) is 88.2 Å². The van der Waals surface area contributed by atoms with E-state index in [-0.39, 0.29) is 16.8 Å². The average Bonchev–Trinajstić information content (AvgIpc) is 3.21. The summed E-state index contributed by atoms with van der Waals surface area (Å²) in [4.78, 5) is 17.1. The summed E-state index contributed by atoms with van der Waals surface area (Å²) >= 11 is 1.48. The zero-order valence-electron chi connectivity index (χ0n) is 16.3. The molecule has 29 heavy (non-hydrogen) atoms. The van der Waals surface area contributed by atoms with Crippen LogP contribution in [0.1, 0.15) is 35.6 Å². The minimum Gasteiger partial charge on any atom is -0.346 e. The van der Waals surface area contributed by atoms with Gasteiger partial charge in [-0.05, 0) is 37.6 Å². The molecule has 0 aliphatic heterocycles. The third kappa shape index (κ3) is 5.50. The zero-order chi connectivity index (χ0) is 20.9. The molecule has 3 rings (SSSR count). The molecule has 0 radical (unpaired) electrons. The van der Waals surface area contributed by atoms with Gasteiger partial charge in [-0.15, -0.1) is 11.3 Å². The summed E-state index contributed by atoms with van der Waals surface area (Å²) in [6.07, 6.45) is 0.697. The molecule has 0 aliphatic rings. The van der Waals surface area contributed by atoms with Gasteiger partial charge in [-0.3, -0.25) is 4.79 Å². The van der Waals surface area contributed by atoms with Crippen LogP contribution in [0.2, 0.25) is 0 Å². The molecule has 1 unspecified atom stereocenters. The summed E-state index contributed by atoms with van der Waals surface area (Å²) in [7, 11) is -3.58. The smallest absolute Gasteiger partial charge is 0.251 e. The van der Waals surface area contributed by atoms with Crippen molar-refractivity contribution in [2.75, 3.05) is 0 Å². The normalized spacial score (nSPS) is 12.5. The number of sulfonamides is 1. The van der Waals surface area contributed by atoms with E-state index in [2.05, 4.69) is 15.0 Å². The van der Waals surface area contributed by atoms with Crippen molar-refractivity contribution in [1.82, 2.24) is 15.0 Å². The first kappa shape index (κ1) is 21.2. The van der Waals surface area contributed by atoms with E-state index >= 15 is 0 Å². The quantitative estimate of drug-likeness (QED) is 0.570. The van der Waals surface area contributed by atoms with Crippen molar-refractivity contribution >= 4 is 27.3 Å². The molecule has 1 heterocycles. The molecule has 0 fully saturated rings. The average molecular weight is 430 g/mol. The highest BCUT2D eigenvalue weighted by Gasteiger charge is 2.17. The number of carbonyl (C=O) groups excluding carboxylic acids is 1. The number of aromatic nitrogens is 1. The first-order chi connectivity index (χ1) is 13.9. The minimum absolute atomic E-state index is 0.141. The molecule has 0 spiro atoms. The second-order valence-electron chi connectivity index (χ2n) is 6.63. The highest BCUT2D eigenvalue weighted by Crippen LogP contribution is 2.21. The maximum Gasteiger partial charge on any atom is 0.251 e. The second kappa shape index (κ2) is 9.30. The lowest BCUT2D eigenvalue weighted by molar-refractivity contribution is 0.0950. The predicted octanol–water partition coefficient (Wildman–Crippen LogP) is 3.82. The van der Waals surface area contributed by atoms with Gasteiger partial charge in [-0.2, -0.15) is 0 Å². The summed E-state index contributed by atoms with van der Waals surface area (Å²) < 4.78 is 27.2. The van der Waals surface area contributed by atoms with Gasteiger partial charge >= 0.3 is 0 Å². The maximum atomic E-state index is 12.4. The molecule has 1 amide bonds. The van der Waals surface area contributed by atoms with Crippen LogP contribution in [0.4, 0.5) is 0 Å². The number of hydrogen-bond acceptors (Lipinski definition) is 5. The Kier molecular flexibility index (Phi) is 6.79. The van der Waals surface area contributed by atoms with E-state index in [1.165, 1.54) is 35.6 Å². The number of benzene rings is 2. The highest BCUT2D eigenvalue weighted by atomic mass is 32.2. The lowest BCUT2D eigenvalue weighted by Gasteiger charge is -2.12. The monoisotopic (exact) mass is 429 g/mol. The Labute approximate surface area is 175 Å². The number of carbonyl (C=O) groups is 1. The van der Waals surface area contributed by atoms with Crippen LogP contribution >= 0.6 is 11.3 Å². The summed E-state index contributed by atoms with van der Waals surface area (Å²) in [6, 6.07) is 15.6. The van der Waals surface area contributed by atoms with Gasteiger partial charge in [-0.1, -0.05) is 37.3 Å². The van der Waals surface area contributed by atoms with Crippen LogP contribution in [-0.2, 0) is 16.6 Å². The van der Waals surface area contributed by atoms with Crippen molar-refractivity contribution in [3.05, 3.63) is 70.5 Å². The molecule has 3 aromatic rings. The maximum absolute atomic E-state index is 12.4. The fourth-order valence-electron chi connectivity index (χ4n) is 2.59. The molecule has 1 atom stereocenters. The van der Waals surface area contributed by atoms with Gasteiger partial charge in [0.25, 0.3) is 5.91 Å². The summed E-state index contributed by atoms with van der Waals surface area (Å²) in [5.74, 6) is -0.278. The van der Waals surface area contributed by atoms with Crippen LogP contribution in [-0.4, -0.2) is 25.4 Å². The Hall–Kier alpha value is -2.55. The van der Waals surface area contributed by atoms with Gasteiger partial charge in [0.05, 0.1) is 17.1 Å². The Balaban J connectivity index is 1.61. The molecule has 6 nitrogen and oxygen atoms in total. The molecular formula is C21H23N3O3S2. The van der Waals surface area contributed by atoms with Crippen molar-refractivity contribution in [3.63, 3.8) is 0 Å². The van der Waals surface area contributed by atoms with E-state index in [4.69, 9.17) is 0 Å². The van der Waals surface area contributed by atoms with E-state index < -0.39 is 10.0 Å². The van der Waals surface area contributed by atoms with Crippen LogP contribution in [0, 0.1) is 0 Å². The fourth-order valence-corrected chi connectivity index (χ4v) is 4.66. The Morgan fingerprint density at radius 2 is 1.79 bits per heavy atom. The van der Waals surface area contributed by atoms with Crippen molar-refractivity contribution in [3.8, 4) is 11.3 Å². The van der Waals surface area contributed by atoms with E-state index in [0.717, 1.165) is 16.3 Å². The van der Waals surface area contributed by atoms with Crippen molar-refractivity contribution in [2.45, 2.75) is 37.8 Å². The SMILES string of the molecule is CCC(C)NS(=O)(=O)c1ccc(C(=O)NCc2nc(-c3ccccc3)cs2)cc1. The molecular weight excluding hydrogens is 406 g/mol. The van der Waals surface area contributed by atoms with Gasteiger partial charge in [0.15, 0.2) is 0 Å². The number of amides is 1. The van der Waals surface area contributed by atoms with E-state index in [1.807, 2.05) is 42.6 Å². The Bertz CT molecular complexity index is 1060. The van der Waals surface area contributed by atoms with Crippen LogP contribution in [0.15, 0.2) is 64.9 Å². The molecule has 0 saturated heterocycles. The van der Waals surface area contributed by atoms with Gasteiger partial charge in [0, 0.05) is 22.5 Å². The van der Waals surface area contributed by atoms with Crippen LogP contribution < -0.4 is 10.0 Å². The van der Waals surface area contributed by atoms with E-state index in [1.54, 1.807) is 6.92 Å². The number of nitrogens with zero attached hydrogens (tertiary/aromatic N) is 1. The van der Waals surface area contributed by atoms with Crippen molar-refractivity contribution in [2.24, 2.45) is 0 Å². The molecule has 2 aromatic carbocycles. The largest absolute Gasteiger partial charge is 0.346 e. The first-order valence-electron chi connectivity index (χ1n) is 9.29. The lowest BCUT2D eigenvalue weighted by atomic mass is 10.2. The molecule has 152 valence electrons. The Morgan fingerprint density at radius 3 is 2.45 bits per heavy atom. The van der Waals surface area contributed by atoms with Crippen LogP contribution in [0.25, 0.3) is 11.3 Å².